The van der Waals surface area contributed by atoms with Crippen LogP contribution in [0.4, 0.5) is 10.1 Å². The molecule has 6 heteroatoms. The van der Waals surface area contributed by atoms with E-state index in [9.17, 15) is 14.5 Å². The normalized spacial score (nSPS) is 9.50. The monoisotopic (exact) mass is 173 g/mol. The minimum atomic E-state index is -0.927. The van der Waals surface area contributed by atoms with Crippen LogP contribution in [0.2, 0.25) is 0 Å². The van der Waals surface area contributed by atoms with Gasteiger partial charge in [-0.15, -0.1) is 0 Å². The van der Waals surface area contributed by atoms with Gasteiger partial charge in [-0.05, 0) is 0 Å². The highest BCUT2D eigenvalue weighted by molar-refractivity contribution is 5.25. The molecule has 5 nitrogen and oxygen atoms in total. The number of rotatable bonds is 2. The molecule has 0 radical (unpaired) electrons. The average molecular weight is 173 g/mol. The number of halogens is 1. The second-order valence-electron chi connectivity index (χ2n) is 1.98. The van der Waals surface area contributed by atoms with E-state index in [2.05, 4.69) is 4.84 Å². The summed E-state index contributed by atoms with van der Waals surface area (Å²) in [5, 5.41) is 10.1. The van der Waals surface area contributed by atoms with Crippen molar-refractivity contribution in [1.29, 1.82) is 0 Å². The molecule has 1 heterocycles. The maximum absolute atomic E-state index is 12.7. The third-order valence-electron chi connectivity index (χ3n) is 1.27. The van der Waals surface area contributed by atoms with Gasteiger partial charge in [0, 0.05) is 4.73 Å². The summed E-state index contributed by atoms with van der Waals surface area (Å²) in [6.45, 7) is 0. The van der Waals surface area contributed by atoms with Gasteiger partial charge in [0.05, 0.1) is 11.0 Å². The van der Waals surface area contributed by atoms with Crippen LogP contribution in [0.15, 0.2) is 18.5 Å². The smallest absolute Gasteiger partial charge is 0.275 e. The molecule has 0 aliphatic heterocycles. The molecule has 1 aromatic heterocycles. The van der Waals surface area contributed by atoms with E-state index >= 15 is 0 Å². The third-order valence-corrected chi connectivity index (χ3v) is 1.27. The van der Waals surface area contributed by atoms with Gasteiger partial charge >= 0.3 is 5.69 Å². The Labute approximate surface area is 67.1 Å². The zero-order valence-corrected chi connectivity index (χ0v) is 6.23. The molecule has 0 atom stereocenters. The van der Waals surface area contributed by atoms with Crippen molar-refractivity contribution in [2.24, 2.45) is 0 Å². The van der Waals surface area contributed by atoms with Gasteiger partial charge < -0.3 is 0 Å². The van der Waals surface area contributed by atoms with Gasteiger partial charge in [-0.25, -0.2) is 0 Å². The van der Waals surface area contributed by atoms with Crippen molar-refractivity contribution >= 4 is 5.69 Å². The lowest BCUT2D eigenvalue weighted by molar-refractivity contribution is -0.886. The van der Waals surface area contributed by atoms with Crippen LogP contribution >= 0.6 is 0 Å². The summed E-state index contributed by atoms with van der Waals surface area (Å²) < 4.78 is 13.8. The molecule has 1 aromatic rings. The molecule has 0 N–H and O–H groups in total. The molecule has 1 rings (SSSR count). The van der Waals surface area contributed by atoms with Crippen LogP contribution in [-0.4, -0.2) is 12.0 Å². The van der Waals surface area contributed by atoms with Crippen molar-refractivity contribution in [2.45, 2.75) is 0 Å². The Morgan fingerprint density at radius 3 is 2.83 bits per heavy atom. The Hall–Kier alpha value is -1.72. The molecular formula is C6H6FN2O3+. The maximum Gasteiger partial charge on any atom is 0.317 e. The molecule has 0 unspecified atom stereocenters. The van der Waals surface area contributed by atoms with Gasteiger partial charge in [0.15, 0.2) is 0 Å². The molecular weight excluding hydrogens is 167 g/mol. The van der Waals surface area contributed by atoms with Crippen molar-refractivity contribution < 1.29 is 18.9 Å². The number of nitro groups is 1. The van der Waals surface area contributed by atoms with E-state index in [1.165, 1.54) is 13.3 Å². The lowest BCUT2D eigenvalue weighted by Crippen LogP contribution is -2.40. The molecule has 0 aliphatic rings. The molecule has 0 saturated carbocycles. The summed E-state index contributed by atoms with van der Waals surface area (Å²) in [4.78, 5) is 13.9. The molecule has 0 spiro atoms. The molecule has 12 heavy (non-hydrogen) atoms. The highest BCUT2D eigenvalue weighted by atomic mass is 19.1. The fourth-order valence-electron chi connectivity index (χ4n) is 0.706. The standard InChI is InChI=1S/C6H6FN2O3/c1-12-8-3-2-6(9(10)11)5(7)4-8/h2-4H,1H3/q+1. The fourth-order valence-corrected chi connectivity index (χ4v) is 0.706. The molecule has 0 bridgehead atoms. The largest absolute Gasteiger partial charge is 0.317 e. The Balaban J connectivity index is 3.12. The second-order valence-corrected chi connectivity index (χ2v) is 1.98. The first-order chi connectivity index (χ1) is 5.65. The van der Waals surface area contributed by atoms with Crippen LogP contribution < -0.4 is 9.57 Å². The number of nitrogens with zero attached hydrogens (tertiary/aromatic N) is 2. The summed E-state index contributed by atoms with van der Waals surface area (Å²) >= 11 is 0. The number of pyridine rings is 1. The Morgan fingerprint density at radius 2 is 2.42 bits per heavy atom. The first-order valence-electron chi connectivity index (χ1n) is 3.05. The van der Waals surface area contributed by atoms with Gasteiger partial charge in [0.1, 0.15) is 7.11 Å². The summed E-state index contributed by atoms with van der Waals surface area (Å²) in [5.74, 6) is -0.927. The van der Waals surface area contributed by atoms with E-state index in [1.54, 1.807) is 0 Å². The van der Waals surface area contributed by atoms with E-state index in [1.807, 2.05) is 0 Å². The molecule has 0 aliphatic carbocycles. The Kier molecular flexibility index (Phi) is 2.18. The SMILES string of the molecule is CO[n+]1ccc([N+](=O)[O-])c(F)c1. The van der Waals surface area contributed by atoms with Crippen molar-refractivity contribution in [2.75, 3.05) is 7.11 Å². The molecule has 0 fully saturated rings. The van der Waals surface area contributed by atoms with Crippen LogP contribution in [0.1, 0.15) is 0 Å². The van der Waals surface area contributed by atoms with Gasteiger partial charge in [-0.3, -0.25) is 15.0 Å². The van der Waals surface area contributed by atoms with Crippen LogP contribution in [0.25, 0.3) is 0 Å². The number of hydrogen-bond donors (Lipinski definition) is 0. The minimum absolute atomic E-state index is 0.566. The van der Waals surface area contributed by atoms with E-state index in [0.717, 1.165) is 17.0 Å². The summed E-state index contributed by atoms with van der Waals surface area (Å²) in [5.41, 5.74) is -0.566. The van der Waals surface area contributed by atoms with Gasteiger partial charge in [-0.1, -0.05) is 0 Å². The highest BCUT2D eigenvalue weighted by Gasteiger charge is 2.18. The fraction of sp³-hybridized carbons (Fsp3) is 0.167. The maximum atomic E-state index is 12.7. The highest BCUT2D eigenvalue weighted by Crippen LogP contribution is 2.12. The predicted molar refractivity (Wildman–Crippen MR) is 35.8 cm³/mol. The molecule has 0 amide bonds. The van der Waals surface area contributed by atoms with Crippen LogP contribution in [0.5, 0.6) is 0 Å². The van der Waals surface area contributed by atoms with Gasteiger partial charge in [0.25, 0.3) is 12.0 Å². The predicted octanol–water partition coefficient (Wildman–Crippen LogP) is 0.0798. The molecule has 64 valence electrons. The van der Waals surface area contributed by atoms with Crippen molar-refractivity contribution in [3.05, 3.63) is 34.4 Å². The van der Waals surface area contributed by atoms with Crippen LogP contribution in [0.3, 0.4) is 0 Å². The quantitative estimate of drug-likeness (QED) is 0.361. The minimum Gasteiger partial charge on any atom is -0.275 e. The Morgan fingerprint density at radius 1 is 1.75 bits per heavy atom. The summed E-state index contributed by atoms with van der Waals surface area (Å²) in [7, 11) is 1.32. The Bertz CT molecular complexity index is 316. The van der Waals surface area contributed by atoms with E-state index in [4.69, 9.17) is 0 Å². The zero-order chi connectivity index (χ0) is 9.14. The van der Waals surface area contributed by atoms with E-state index < -0.39 is 16.4 Å². The summed E-state index contributed by atoms with van der Waals surface area (Å²) in [6.07, 6.45) is 2.14. The van der Waals surface area contributed by atoms with Gasteiger partial charge in [0.2, 0.25) is 6.20 Å². The van der Waals surface area contributed by atoms with Crippen molar-refractivity contribution in [3.8, 4) is 0 Å². The molecule has 0 saturated heterocycles. The average Bonchev–Trinajstić information content (AvgIpc) is 2.03. The lowest BCUT2D eigenvalue weighted by atomic mass is 10.4. The summed E-state index contributed by atoms with van der Waals surface area (Å²) in [6, 6.07) is 1.03. The van der Waals surface area contributed by atoms with Crippen LogP contribution in [-0.2, 0) is 0 Å². The zero-order valence-electron chi connectivity index (χ0n) is 6.23. The van der Waals surface area contributed by atoms with Crippen LogP contribution in [0, 0.1) is 15.9 Å². The van der Waals surface area contributed by atoms with Crippen molar-refractivity contribution in [1.82, 2.24) is 0 Å². The second kappa shape index (κ2) is 3.12. The first-order valence-corrected chi connectivity index (χ1v) is 3.05. The van der Waals surface area contributed by atoms with E-state index in [-0.39, 0.29) is 0 Å². The van der Waals surface area contributed by atoms with Gasteiger partial charge in [-0.2, -0.15) is 4.39 Å². The van der Waals surface area contributed by atoms with E-state index in [0.29, 0.717) is 0 Å². The third kappa shape index (κ3) is 1.47. The molecule has 0 aromatic carbocycles. The van der Waals surface area contributed by atoms with Crippen molar-refractivity contribution in [3.63, 3.8) is 0 Å². The topological polar surface area (TPSA) is 56.2 Å². The first kappa shape index (κ1) is 8.38. The lowest BCUT2D eigenvalue weighted by Gasteiger charge is -1.91. The number of aromatic nitrogens is 1. The number of hydrogen-bond acceptors (Lipinski definition) is 3.